The highest BCUT2D eigenvalue weighted by Crippen LogP contribution is 2.35. The van der Waals surface area contributed by atoms with Gasteiger partial charge < -0.3 is 30.5 Å². The lowest BCUT2D eigenvalue weighted by Crippen LogP contribution is -2.49. The minimum atomic E-state index is -0.793. The van der Waals surface area contributed by atoms with Gasteiger partial charge in [0.15, 0.2) is 0 Å². The van der Waals surface area contributed by atoms with Crippen LogP contribution in [0.4, 0.5) is 0 Å². The van der Waals surface area contributed by atoms with Gasteiger partial charge in [0, 0.05) is 30.1 Å². The molecule has 2 aromatic rings. The van der Waals surface area contributed by atoms with E-state index < -0.39 is 12.0 Å². The minimum Gasteiger partial charge on any atom is -0.493 e. The van der Waals surface area contributed by atoms with E-state index in [1.807, 2.05) is 24.0 Å². The number of carbonyl (C=O) groups is 2. The summed E-state index contributed by atoms with van der Waals surface area (Å²) in [4.78, 5) is 28.0. The summed E-state index contributed by atoms with van der Waals surface area (Å²) in [5, 5.41) is 14.8. The van der Waals surface area contributed by atoms with Crippen LogP contribution < -0.4 is 15.8 Å². The third-order valence-corrected chi connectivity index (χ3v) is 7.51. The first kappa shape index (κ1) is 23.8. The number of morpholine rings is 1. The van der Waals surface area contributed by atoms with Crippen LogP contribution in [0.15, 0.2) is 36.4 Å². The molecule has 0 aromatic heterocycles. The van der Waals surface area contributed by atoms with Crippen molar-refractivity contribution in [1.82, 2.24) is 10.2 Å². The van der Waals surface area contributed by atoms with E-state index in [1.165, 1.54) is 11.1 Å². The molecule has 35 heavy (non-hydrogen) atoms. The maximum absolute atomic E-state index is 13.8. The van der Waals surface area contributed by atoms with Crippen LogP contribution >= 0.6 is 0 Å². The zero-order chi connectivity index (χ0) is 24.5. The quantitative estimate of drug-likeness (QED) is 0.558. The summed E-state index contributed by atoms with van der Waals surface area (Å²) in [6.07, 6.45) is 1.87. The number of hydrogen-bond donors (Lipinski definition) is 3. The number of nitrogens with two attached hydrogens (primary N) is 1. The first-order valence-electron chi connectivity index (χ1n) is 12.4. The first-order chi connectivity index (χ1) is 17.0. The Balaban J connectivity index is 1.49. The Morgan fingerprint density at radius 1 is 1.14 bits per heavy atom. The number of carbonyl (C=O) groups excluding carboxylic acids is 2. The number of fused-ring (bicyclic) bond motifs is 3. The zero-order valence-corrected chi connectivity index (χ0v) is 20.0. The van der Waals surface area contributed by atoms with Crippen molar-refractivity contribution in [2.24, 2.45) is 5.73 Å². The summed E-state index contributed by atoms with van der Waals surface area (Å²) in [6, 6.07) is 11.3. The van der Waals surface area contributed by atoms with Gasteiger partial charge in [0.05, 0.1) is 43.6 Å². The SMILES string of the molecule is CCOc1c(C(N)=O)ccc(C(=O)N2C3CCC2COC3)c1C[C@@H](O)[C@@H]1Cc2ccccc2CN1. The van der Waals surface area contributed by atoms with Gasteiger partial charge in [-0.1, -0.05) is 24.3 Å². The average molecular weight is 480 g/mol. The second kappa shape index (κ2) is 9.97. The van der Waals surface area contributed by atoms with Crippen molar-refractivity contribution in [3.05, 3.63) is 64.2 Å². The molecule has 2 bridgehead atoms. The first-order valence-corrected chi connectivity index (χ1v) is 12.4. The molecule has 4 N–H and O–H groups in total. The predicted molar refractivity (Wildman–Crippen MR) is 130 cm³/mol. The summed E-state index contributed by atoms with van der Waals surface area (Å²) in [7, 11) is 0. The van der Waals surface area contributed by atoms with Crippen molar-refractivity contribution < 1.29 is 24.2 Å². The topological polar surface area (TPSA) is 114 Å². The van der Waals surface area contributed by atoms with E-state index in [9.17, 15) is 14.7 Å². The number of hydrogen-bond acceptors (Lipinski definition) is 6. The lowest BCUT2D eigenvalue weighted by atomic mass is 9.88. The molecule has 0 spiro atoms. The molecule has 2 unspecified atom stereocenters. The third kappa shape index (κ3) is 4.53. The van der Waals surface area contributed by atoms with E-state index in [2.05, 4.69) is 17.4 Å². The maximum atomic E-state index is 13.8. The summed E-state index contributed by atoms with van der Waals surface area (Å²) in [5.74, 6) is -0.442. The summed E-state index contributed by atoms with van der Waals surface area (Å²) < 4.78 is 11.6. The van der Waals surface area contributed by atoms with E-state index in [4.69, 9.17) is 15.2 Å². The molecule has 186 valence electrons. The molecule has 2 amide bonds. The van der Waals surface area contributed by atoms with Gasteiger partial charge in [0.2, 0.25) is 0 Å². The lowest BCUT2D eigenvalue weighted by molar-refractivity contribution is -0.00728. The number of aliphatic hydroxyl groups excluding tert-OH is 1. The van der Waals surface area contributed by atoms with E-state index in [1.54, 1.807) is 12.1 Å². The number of ether oxygens (including phenoxy) is 2. The highest BCUT2D eigenvalue weighted by molar-refractivity contribution is 6.01. The van der Waals surface area contributed by atoms with Crippen LogP contribution in [0.5, 0.6) is 5.75 Å². The van der Waals surface area contributed by atoms with Crippen LogP contribution in [0.2, 0.25) is 0 Å². The standard InChI is InChI=1S/C27H33N3O5/c1-2-35-25-21(26(28)32)10-9-20(27(33)30-18-7-8-19(30)15-34-14-18)22(25)12-24(31)23-11-16-5-3-4-6-17(16)13-29-23/h3-6,9-10,18-19,23-24,29,31H,2,7-8,11-15H2,1H3,(H2,28,32)/t18?,19?,23-,24+/m0/s1. The highest BCUT2D eigenvalue weighted by atomic mass is 16.5. The Bertz CT molecular complexity index is 1100. The van der Waals surface area contributed by atoms with Crippen molar-refractivity contribution in [2.75, 3.05) is 19.8 Å². The van der Waals surface area contributed by atoms with E-state index >= 15 is 0 Å². The number of amides is 2. The van der Waals surface area contributed by atoms with Crippen LogP contribution in [0.3, 0.4) is 0 Å². The second-order valence-corrected chi connectivity index (χ2v) is 9.63. The van der Waals surface area contributed by atoms with Gasteiger partial charge in [0.1, 0.15) is 5.75 Å². The molecule has 4 atom stereocenters. The van der Waals surface area contributed by atoms with Crippen LogP contribution in [-0.2, 0) is 24.1 Å². The highest BCUT2D eigenvalue weighted by Gasteiger charge is 2.42. The van der Waals surface area contributed by atoms with Gasteiger partial charge in [-0.05, 0) is 49.4 Å². The number of aliphatic hydroxyl groups is 1. The number of nitrogens with one attached hydrogen (secondary N) is 1. The van der Waals surface area contributed by atoms with Crippen LogP contribution in [0, 0.1) is 0 Å². The molecule has 3 aliphatic rings. The van der Waals surface area contributed by atoms with Crippen LogP contribution in [0.1, 0.15) is 57.2 Å². The molecule has 0 saturated carbocycles. The molecule has 2 fully saturated rings. The largest absolute Gasteiger partial charge is 0.493 e. The van der Waals surface area contributed by atoms with Gasteiger partial charge >= 0.3 is 0 Å². The lowest BCUT2D eigenvalue weighted by Gasteiger charge is -2.36. The van der Waals surface area contributed by atoms with Gasteiger partial charge in [-0.2, -0.15) is 0 Å². The number of rotatable bonds is 7. The molecule has 8 heteroatoms. The molecule has 3 aliphatic heterocycles. The van der Waals surface area contributed by atoms with E-state index in [0.29, 0.717) is 49.7 Å². The molecule has 2 aromatic carbocycles. The molecule has 0 aliphatic carbocycles. The van der Waals surface area contributed by atoms with Crippen molar-refractivity contribution in [3.8, 4) is 5.75 Å². The Labute approximate surface area is 205 Å². The minimum absolute atomic E-state index is 0.0434. The summed E-state index contributed by atoms with van der Waals surface area (Å²) in [5.41, 5.74) is 9.29. The Hall–Kier alpha value is -2.94. The zero-order valence-electron chi connectivity index (χ0n) is 20.0. The maximum Gasteiger partial charge on any atom is 0.254 e. The monoisotopic (exact) mass is 479 g/mol. The second-order valence-electron chi connectivity index (χ2n) is 9.63. The van der Waals surface area contributed by atoms with Crippen molar-refractivity contribution in [3.63, 3.8) is 0 Å². The Kier molecular flexibility index (Phi) is 6.77. The number of nitrogens with zero attached hydrogens (tertiary/aromatic N) is 1. The predicted octanol–water partition coefficient (Wildman–Crippen LogP) is 1.81. The van der Waals surface area contributed by atoms with Crippen molar-refractivity contribution in [2.45, 2.75) is 63.4 Å². The summed E-state index contributed by atoms with van der Waals surface area (Å²) in [6.45, 7) is 3.85. The van der Waals surface area contributed by atoms with Gasteiger partial charge in [0.25, 0.3) is 11.8 Å². The molecule has 3 heterocycles. The van der Waals surface area contributed by atoms with Gasteiger partial charge in [-0.3, -0.25) is 9.59 Å². The molecule has 0 radical (unpaired) electrons. The fourth-order valence-electron chi connectivity index (χ4n) is 5.74. The molecule has 2 saturated heterocycles. The molecule has 5 rings (SSSR count). The summed E-state index contributed by atoms with van der Waals surface area (Å²) >= 11 is 0. The molecule has 8 nitrogen and oxygen atoms in total. The van der Waals surface area contributed by atoms with Crippen molar-refractivity contribution in [1.29, 1.82) is 0 Å². The van der Waals surface area contributed by atoms with E-state index in [0.717, 1.165) is 12.8 Å². The van der Waals surface area contributed by atoms with Gasteiger partial charge in [-0.25, -0.2) is 0 Å². The fraction of sp³-hybridized carbons (Fsp3) is 0.481. The number of benzene rings is 2. The fourth-order valence-corrected chi connectivity index (χ4v) is 5.74. The average Bonchev–Trinajstić information content (AvgIpc) is 3.11. The molecular formula is C27H33N3O5. The molecular weight excluding hydrogens is 446 g/mol. The van der Waals surface area contributed by atoms with Crippen LogP contribution in [0.25, 0.3) is 0 Å². The smallest absolute Gasteiger partial charge is 0.254 e. The normalized spacial score (nSPS) is 24.1. The van der Waals surface area contributed by atoms with E-state index in [-0.39, 0.29) is 36.0 Å². The van der Waals surface area contributed by atoms with Gasteiger partial charge in [-0.15, -0.1) is 0 Å². The number of primary amides is 1. The Morgan fingerprint density at radius 2 is 1.83 bits per heavy atom. The van der Waals surface area contributed by atoms with Crippen LogP contribution in [-0.4, -0.2) is 65.9 Å². The van der Waals surface area contributed by atoms with Crippen molar-refractivity contribution >= 4 is 11.8 Å². The third-order valence-electron chi connectivity index (χ3n) is 7.51. The Morgan fingerprint density at radius 3 is 2.51 bits per heavy atom.